The smallest absolute Gasteiger partial charge is 0.223 e. The van der Waals surface area contributed by atoms with Crippen LogP contribution in [0.15, 0.2) is 30.3 Å². The predicted octanol–water partition coefficient (Wildman–Crippen LogP) is 0.632. The molecule has 20 heavy (non-hydrogen) atoms. The lowest BCUT2D eigenvalue weighted by Gasteiger charge is -2.17. The van der Waals surface area contributed by atoms with E-state index in [1.54, 1.807) is 24.3 Å². The molecule has 0 aliphatic carbocycles. The van der Waals surface area contributed by atoms with Crippen LogP contribution in [0.5, 0.6) is 0 Å². The Morgan fingerprint density at radius 1 is 1.10 bits per heavy atom. The van der Waals surface area contributed by atoms with Crippen LogP contribution in [0.25, 0.3) is 0 Å². The van der Waals surface area contributed by atoms with Gasteiger partial charge in [0.1, 0.15) is 11.6 Å². The highest BCUT2D eigenvalue weighted by Crippen LogP contribution is 2.32. The fourth-order valence-electron chi connectivity index (χ4n) is 2.08. The Morgan fingerprint density at radius 3 is 2.15 bits per heavy atom. The van der Waals surface area contributed by atoms with E-state index in [0.717, 1.165) is 5.56 Å². The molecule has 1 aromatic heterocycles. The van der Waals surface area contributed by atoms with E-state index in [4.69, 9.17) is 17.2 Å². The molecule has 2 rings (SSSR count). The second-order valence-electron chi connectivity index (χ2n) is 4.24. The number of anilines is 3. The van der Waals surface area contributed by atoms with Gasteiger partial charge in [-0.2, -0.15) is 9.97 Å². The Labute approximate surface area is 114 Å². The molecular weight excluding hydrogens is 260 g/mol. The molecule has 6 N–H and O–H groups in total. The lowest BCUT2D eigenvalue weighted by atomic mass is 9.92. The van der Waals surface area contributed by atoms with E-state index in [1.165, 1.54) is 0 Å². The summed E-state index contributed by atoms with van der Waals surface area (Å²) in [5.41, 5.74) is 18.1. The van der Waals surface area contributed by atoms with Gasteiger partial charge in [-0.05, 0) is 5.56 Å². The number of rotatable bonds is 4. The number of nitrogens with two attached hydrogens (primary N) is 3. The molecule has 0 radical (unpaired) electrons. The highest BCUT2D eigenvalue weighted by Gasteiger charge is 2.26. The summed E-state index contributed by atoms with van der Waals surface area (Å²) in [4.78, 5) is 18.1. The first-order valence-electron chi connectivity index (χ1n) is 5.84. The van der Waals surface area contributed by atoms with Gasteiger partial charge in [-0.15, -0.1) is 0 Å². The van der Waals surface area contributed by atoms with Crippen molar-refractivity contribution in [1.82, 2.24) is 9.97 Å². The summed E-state index contributed by atoms with van der Waals surface area (Å²) in [6, 6.07) is 8.92. The standard InChI is InChI=1S/C12H14N6O2/c13-10-9(11(14)17-12(15)16-10)8(6-18(19)20)7-4-2-1-3-5-7/h1-5,8H,6H2,(H6,13,14,15,16,17). The van der Waals surface area contributed by atoms with Crippen LogP contribution in [0.1, 0.15) is 17.0 Å². The predicted molar refractivity (Wildman–Crippen MR) is 75.4 cm³/mol. The van der Waals surface area contributed by atoms with Crippen molar-refractivity contribution in [2.24, 2.45) is 0 Å². The molecule has 2 aromatic rings. The molecule has 0 amide bonds. The van der Waals surface area contributed by atoms with Gasteiger partial charge in [0.15, 0.2) is 0 Å². The summed E-state index contributed by atoms with van der Waals surface area (Å²) in [5, 5.41) is 10.9. The molecule has 104 valence electrons. The van der Waals surface area contributed by atoms with Crippen LogP contribution < -0.4 is 17.2 Å². The Morgan fingerprint density at radius 2 is 1.65 bits per heavy atom. The molecule has 8 nitrogen and oxygen atoms in total. The SMILES string of the molecule is Nc1nc(N)c(C(C[N+](=O)[O-])c2ccccc2)c(N)n1. The molecule has 0 saturated heterocycles. The average molecular weight is 274 g/mol. The molecule has 0 fully saturated rings. The van der Waals surface area contributed by atoms with Gasteiger partial charge in [-0.3, -0.25) is 10.1 Å². The van der Waals surface area contributed by atoms with Gasteiger partial charge in [0.25, 0.3) is 0 Å². The molecule has 0 spiro atoms. The van der Waals surface area contributed by atoms with Crippen molar-refractivity contribution in [3.8, 4) is 0 Å². The summed E-state index contributed by atoms with van der Waals surface area (Å²) >= 11 is 0. The molecule has 0 aliphatic heterocycles. The summed E-state index contributed by atoms with van der Waals surface area (Å²) < 4.78 is 0. The number of hydrogen-bond donors (Lipinski definition) is 3. The van der Waals surface area contributed by atoms with Gasteiger partial charge in [0.2, 0.25) is 12.5 Å². The Balaban J connectivity index is 2.55. The minimum absolute atomic E-state index is 0.0586. The topological polar surface area (TPSA) is 147 Å². The summed E-state index contributed by atoms with van der Waals surface area (Å²) in [5.74, 6) is -0.556. The van der Waals surface area contributed by atoms with Gasteiger partial charge in [0, 0.05) is 4.92 Å². The highest BCUT2D eigenvalue weighted by atomic mass is 16.6. The minimum Gasteiger partial charge on any atom is -0.383 e. The first kappa shape index (κ1) is 13.5. The molecule has 1 atom stereocenters. The summed E-state index contributed by atoms with van der Waals surface area (Å²) in [6.45, 7) is -0.355. The highest BCUT2D eigenvalue weighted by molar-refractivity contribution is 5.60. The number of hydrogen-bond acceptors (Lipinski definition) is 7. The van der Waals surface area contributed by atoms with E-state index >= 15 is 0 Å². The number of aromatic nitrogens is 2. The Bertz CT molecular complexity index is 608. The van der Waals surface area contributed by atoms with Crippen molar-refractivity contribution in [2.75, 3.05) is 23.7 Å². The largest absolute Gasteiger partial charge is 0.383 e. The van der Waals surface area contributed by atoms with Gasteiger partial charge in [-0.1, -0.05) is 30.3 Å². The number of nitrogen functional groups attached to an aromatic ring is 3. The van der Waals surface area contributed by atoms with Crippen molar-refractivity contribution >= 4 is 17.6 Å². The first-order valence-corrected chi connectivity index (χ1v) is 5.84. The van der Waals surface area contributed by atoms with Crippen molar-refractivity contribution < 1.29 is 4.92 Å². The van der Waals surface area contributed by atoms with Crippen LogP contribution in [0.4, 0.5) is 17.6 Å². The number of nitro groups is 1. The van der Waals surface area contributed by atoms with Crippen LogP contribution in [0.3, 0.4) is 0 Å². The van der Waals surface area contributed by atoms with Crippen LogP contribution in [0.2, 0.25) is 0 Å². The lowest BCUT2D eigenvalue weighted by molar-refractivity contribution is -0.481. The molecule has 0 aliphatic rings. The second-order valence-corrected chi connectivity index (χ2v) is 4.24. The maximum absolute atomic E-state index is 10.9. The van der Waals surface area contributed by atoms with Gasteiger partial charge in [0.05, 0.1) is 11.5 Å². The van der Waals surface area contributed by atoms with Crippen LogP contribution in [-0.2, 0) is 0 Å². The van der Waals surface area contributed by atoms with Gasteiger partial charge < -0.3 is 17.2 Å². The molecular formula is C12H14N6O2. The van der Waals surface area contributed by atoms with E-state index in [1.807, 2.05) is 6.07 Å². The monoisotopic (exact) mass is 274 g/mol. The van der Waals surface area contributed by atoms with Gasteiger partial charge >= 0.3 is 0 Å². The number of benzene rings is 1. The lowest BCUT2D eigenvalue weighted by Crippen LogP contribution is -2.19. The first-order chi connectivity index (χ1) is 9.49. The zero-order valence-corrected chi connectivity index (χ0v) is 10.6. The third kappa shape index (κ3) is 2.74. The van der Waals surface area contributed by atoms with Crippen LogP contribution in [0, 0.1) is 10.1 Å². The van der Waals surface area contributed by atoms with E-state index in [0.29, 0.717) is 5.56 Å². The quantitative estimate of drug-likeness (QED) is 0.547. The zero-order valence-electron chi connectivity index (χ0n) is 10.6. The van der Waals surface area contributed by atoms with Crippen LogP contribution in [-0.4, -0.2) is 21.4 Å². The van der Waals surface area contributed by atoms with Crippen molar-refractivity contribution in [3.05, 3.63) is 51.6 Å². The molecule has 1 heterocycles. The molecule has 1 aromatic carbocycles. The fraction of sp³-hybridized carbons (Fsp3) is 0.167. The van der Waals surface area contributed by atoms with Crippen molar-refractivity contribution in [1.29, 1.82) is 0 Å². The van der Waals surface area contributed by atoms with Crippen molar-refractivity contribution in [2.45, 2.75) is 5.92 Å². The van der Waals surface area contributed by atoms with E-state index in [9.17, 15) is 10.1 Å². The van der Waals surface area contributed by atoms with Crippen molar-refractivity contribution in [3.63, 3.8) is 0 Å². The van der Waals surface area contributed by atoms with E-state index in [2.05, 4.69) is 9.97 Å². The Kier molecular flexibility index (Phi) is 3.65. The summed E-state index contributed by atoms with van der Waals surface area (Å²) in [7, 11) is 0. The van der Waals surface area contributed by atoms with E-state index in [-0.39, 0.29) is 24.1 Å². The molecule has 0 saturated carbocycles. The zero-order chi connectivity index (χ0) is 14.7. The van der Waals surface area contributed by atoms with Gasteiger partial charge in [-0.25, -0.2) is 0 Å². The fourth-order valence-corrected chi connectivity index (χ4v) is 2.08. The maximum Gasteiger partial charge on any atom is 0.223 e. The van der Waals surface area contributed by atoms with E-state index < -0.39 is 10.8 Å². The average Bonchev–Trinajstić information content (AvgIpc) is 2.37. The number of nitrogens with zero attached hydrogens (tertiary/aromatic N) is 3. The normalized spacial score (nSPS) is 12.0. The second kappa shape index (κ2) is 5.39. The molecule has 8 heteroatoms. The van der Waals surface area contributed by atoms with Crippen LogP contribution >= 0.6 is 0 Å². The minimum atomic E-state index is -0.619. The molecule has 1 unspecified atom stereocenters. The third-order valence-corrected chi connectivity index (χ3v) is 2.90. The summed E-state index contributed by atoms with van der Waals surface area (Å²) in [6.07, 6.45) is 0. The molecule has 0 bridgehead atoms. The third-order valence-electron chi connectivity index (χ3n) is 2.90. The Hall–Kier alpha value is -2.90. The maximum atomic E-state index is 10.9.